The van der Waals surface area contributed by atoms with Gasteiger partial charge in [-0.2, -0.15) is 0 Å². The van der Waals surface area contributed by atoms with Gasteiger partial charge >= 0.3 is 0 Å². The standard InChI is InChI=1S/C21H17N3O2S/c1-2-26-20-15(9-7-13-22-20)19(25)23-16-10-4-3-8-14(16)21-24-17-11-5-6-12-18(17)27-21/h3-13H,2H2,1H3,(H,23,25). The molecule has 0 saturated carbocycles. The second kappa shape index (κ2) is 7.55. The Morgan fingerprint density at radius 1 is 1.07 bits per heavy atom. The van der Waals surface area contributed by atoms with Gasteiger partial charge in [0.1, 0.15) is 10.6 Å². The number of hydrogen-bond donors (Lipinski definition) is 1. The lowest BCUT2D eigenvalue weighted by molar-refractivity contribution is 0.102. The minimum atomic E-state index is -0.264. The molecule has 0 aliphatic carbocycles. The Morgan fingerprint density at radius 3 is 2.74 bits per heavy atom. The van der Waals surface area contributed by atoms with E-state index in [1.165, 1.54) is 0 Å². The number of benzene rings is 2. The van der Waals surface area contributed by atoms with Crippen molar-refractivity contribution in [2.75, 3.05) is 11.9 Å². The molecule has 2 heterocycles. The summed E-state index contributed by atoms with van der Waals surface area (Å²) in [6.45, 7) is 2.30. The molecule has 0 aliphatic rings. The van der Waals surface area contributed by atoms with Crippen LogP contribution >= 0.6 is 11.3 Å². The van der Waals surface area contributed by atoms with Gasteiger partial charge in [-0.15, -0.1) is 11.3 Å². The number of ether oxygens (including phenoxy) is 1. The van der Waals surface area contributed by atoms with E-state index in [1.807, 2.05) is 55.5 Å². The molecule has 0 aliphatic heterocycles. The number of pyridine rings is 1. The van der Waals surface area contributed by atoms with Crippen LogP contribution in [0, 0.1) is 0 Å². The molecule has 0 unspecified atom stereocenters. The third kappa shape index (κ3) is 3.52. The fourth-order valence-corrected chi connectivity index (χ4v) is 3.78. The van der Waals surface area contributed by atoms with Crippen molar-refractivity contribution in [1.82, 2.24) is 9.97 Å². The maximum absolute atomic E-state index is 12.8. The predicted octanol–water partition coefficient (Wildman–Crippen LogP) is 5.01. The average Bonchev–Trinajstić information content (AvgIpc) is 3.13. The summed E-state index contributed by atoms with van der Waals surface area (Å²) in [5, 5.41) is 3.84. The van der Waals surface area contributed by atoms with Crippen molar-refractivity contribution in [2.24, 2.45) is 0 Å². The normalized spacial score (nSPS) is 10.7. The first-order valence-electron chi connectivity index (χ1n) is 8.60. The highest BCUT2D eigenvalue weighted by Crippen LogP contribution is 2.34. The van der Waals surface area contributed by atoms with Crippen LogP contribution in [0.15, 0.2) is 66.9 Å². The number of anilines is 1. The van der Waals surface area contributed by atoms with E-state index in [4.69, 9.17) is 9.72 Å². The van der Waals surface area contributed by atoms with E-state index in [-0.39, 0.29) is 5.91 Å². The van der Waals surface area contributed by atoms with Gasteiger partial charge in [-0.05, 0) is 43.3 Å². The molecule has 134 valence electrons. The summed E-state index contributed by atoms with van der Waals surface area (Å²) in [6.07, 6.45) is 1.61. The lowest BCUT2D eigenvalue weighted by atomic mass is 10.1. The SMILES string of the molecule is CCOc1ncccc1C(=O)Nc1ccccc1-c1nc2ccccc2s1. The number of amides is 1. The molecule has 0 radical (unpaired) electrons. The fourth-order valence-electron chi connectivity index (χ4n) is 2.77. The van der Waals surface area contributed by atoms with Gasteiger partial charge < -0.3 is 10.1 Å². The first-order chi connectivity index (χ1) is 13.3. The van der Waals surface area contributed by atoms with Gasteiger partial charge in [0.15, 0.2) is 0 Å². The molecule has 2 aromatic heterocycles. The van der Waals surface area contributed by atoms with Gasteiger partial charge in [-0.1, -0.05) is 24.3 Å². The van der Waals surface area contributed by atoms with Gasteiger partial charge in [0.25, 0.3) is 5.91 Å². The summed E-state index contributed by atoms with van der Waals surface area (Å²) in [5.41, 5.74) is 2.93. The number of para-hydroxylation sites is 2. The van der Waals surface area contributed by atoms with Crippen LogP contribution in [0.4, 0.5) is 5.69 Å². The number of thiazole rings is 1. The Balaban J connectivity index is 1.68. The zero-order valence-corrected chi connectivity index (χ0v) is 15.5. The first-order valence-corrected chi connectivity index (χ1v) is 9.42. The minimum Gasteiger partial charge on any atom is -0.477 e. The molecular formula is C21H17N3O2S. The van der Waals surface area contributed by atoms with Crippen molar-refractivity contribution in [1.29, 1.82) is 0 Å². The Bertz CT molecular complexity index is 1070. The van der Waals surface area contributed by atoms with Crippen molar-refractivity contribution < 1.29 is 9.53 Å². The highest BCUT2D eigenvalue weighted by atomic mass is 32.1. The molecule has 6 heteroatoms. The van der Waals surface area contributed by atoms with Crippen molar-refractivity contribution in [2.45, 2.75) is 6.92 Å². The van der Waals surface area contributed by atoms with Crippen LogP contribution in [0.2, 0.25) is 0 Å². The molecule has 0 saturated heterocycles. The smallest absolute Gasteiger partial charge is 0.261 e. The molecule has 1 amide bonds. The number of nitrogens with one attached hydrogen (secondary N) is 1. The molecule has 0 bridgehead atoms. The van der Waals surface area contributed by atoms with Gasteiger partial charge in [0.2, 0.25) is 5.88 Å². The molecule has 1 N–H and O–H groups in total. The van der Waals surface area contributed by atoms with Crippen LogP contribution in [0.1, 0.15) is 17.3 Å². The van der Waals surface area contributed by atoms with Gasteiger partial charge in [-0.25, -0.2) is 9.97 Å². The van der Waals surface area contributed by atoms with Crippen LogP contribution < -0.4 is 10.1 Å². The number of fused-ring (bicyclic) bond motifs is 1. The number of carbonyl (C=O) groups is 1. The third-order valence-electron chi connectivity index (χ3n) is 4.00. The molecule has 27 heavy (non-hydrogen) atoms. The van der Waals surface area contributed by atoms with Gasteiger partial charge in [0, 0.05) is 11.8 Å². The second-order valence-corrected chi connectivity index (χ2v) is 6.81. The Hall–Kier alpha value is -3.25. The van der Waals surface area contributed by atoms with E-state index in [2.05, 4.69) is 10.3 Å². The molecule has 4 aromatic rings. The molecule has 5 nitrogen and oxygen atoms in total. The second-order valence-electron chi connectivity index (χ2n) is 5.78. The minimum absolute atomic E-state index is 0.264. The summed E-state index contributed by atoms with van der Waals surface area (Å²) in [4.78, 5) is 21.7. The number of hydrogen-bond acceptors (Lipinski definition) is 5. The topological polar surface area (TPSA) is 64.1 Å². The largest absolute Gasteiger partial charge is 0.477 e. The van der Waals surface area contributed by atoms with Crippen LogP contribution in [0.25, 0.3) is 20.8 Å². The monoisotopic (exact) mass is 375 g/mol. The first kappa shape index (κ1) is 17.2. The Kier molecular flexibility index (Phi) is 4.80. The zero-order chi connectivity index (χ0) is 18.6. The van der Waals surface area contributed by atoms with E-state index >= 15 is 0 Å². The molecule has 0 atom stereocenters. The summed E-state index contributed by atoms with van der Waals surface area (Å²) in [6, 6.07) is 19.1. The van der Waals surface area contributed by atoms with Crippen molar-refractivity contribution >= 4 is 33.1 Å². The van der Waals surface area contributed by atoms with Gasteiger partial charge in [0.05, 0.1) is 22.5 Å². The van der Waals surface area contributed by atoms with Crippen LogP contribution in [0.5, 0.6) is 5.88 Å². The maximum Gasteiger partial charge on any atom is 0.261 e. The number of nitrogens with zero attached hydrogens (tertiary/aromatic N) is 2. The summed E-state index contributed by atoms with van der Waals surface area (Å²) < 4.78 is 6.58. The summed E-state index contributed by atoms with van der Waals surface area (Å²) in [5.74, 6) is 0.0649. The van der Waals surface area contributed by atoms with Crippen molar-refractivity contribution in [3.05, 3.63) is 72.4 Å². The van der Waals surface area contributed by atoms with Crippen LogP contribution in [-0.2, 0) is 0 Å². The predicted molar refractivity (Wildman–Crippen MR) is 108 cm³/mol. The molecule has 4 rings (SSSR count). The highest BCUT2D eigenvalue weighted by molar-refractivity contribution is 7.21. The Labute approximate surface area is 160 Å². The summed E-state index contributed by atoms with van der Waals surface area (Å²) >= 11 is 1.60. The van der Waals surface area contributed by atoms with E-state index in [9.17, 15) is 4.79 Å². The van der Waals surface area contributed by atoms with Gasteiger partial charge in [-0.3, -0.25) is 4.79 Å². The van der Waals surface area contributed by atoms with Crippen molar-refractivity contribution in [3.8, 4) is 16.5 Å². The number of aromatic nitrogens is 2. The quantitative estimate of drug-likeness (QED) is 0.533. The lowest BCUT2D eigenvalue weighted by Gasteiger charge is -2.11. The molecule has 0 fully saturated rings. The third-order valence-corrected chi connectivity index (χ3v) is 5.07. The van der Waals surface area contributed by atoms with E-state index in [0.29, 0.717) is 23.7 Å². The van der Waals surface area contributed by atoms with E-state index in [1.54, 1.807) is 29.7 Å². The highest BCUT2D eigenvalue weighted by Gasteiger charge is 2.16. The molecule has 0 spiro atoms. The van der Waals surface area contributed by atoms with E-state index < -0.39 is 0 Å². The van der Waals surface area contributed by atoms with E-state index in [0.717, 1.165) is 20.8 Å². The molecular weight excluding hydrogens is 358 g/mol. The maximum atomic E-state index is 12.8. The zero-order valence-electron chi connectivity index (χ0n) is 14.7. The van der Waals surface area contributed by atoms with Crippen LogP contribution in [0.3, 0.4) is 0 Å². The number of rotatable bonds is 5. The lowest BCUT2D eigenvalue weighted by Crippen LogP contribution is -2.15. The molecule has 2 aromatic carbocycles. The van der Waals surface area contributed by atoms with Crippen LogP contribution in [-0.4, -0.2) is 22.5 Å². The fraction of sp³-hybridized carbons (Fsp3) is 0.0952. The number of carbonyl (C=O) groups excluding carboxylic acids is 1. The Morgan fingerprint density at radius 2 is 1.89 bits per heavy atom. The summed E-state index contributed by atoms with van der Waals surface area (Å²) in [7, 11) is 0. The average molecular weight is 375 g/mol. The van der Waals surface area contributed by atoms with Crippen molar-refractivity contribution in [3.63, 3.8) is 0 Å².